The van der Waals surface area contributed by atoms with Gasteiger partial charge in [-0.15, -0.1) is 6.58 Å². The zero-order chi connectivity index (χ0) is 11.1. The van der Waals surface area contributed by atoms with Crippen molar-refractivity contribution in [2.24, 2.45) is 0 Å². The second-order valence-electron chi connectivity index (χ2n) is 2.64. The molecule has 0 saturated heterocycles. The maximum atomic E-state index is 11.2. The van der Waals surface area contributed by atoms with E-state index in [0.29, 0.717) is 5.69 Å². The minimum atomic E-state index is -0.427. The van der Waals surface area contributed by atoms with E-state index in [0.717, 1.165) is 4.47 Å². The third kappa shape index (κ3) is 4.14. The molecule has 0 aliphatic rings. The SMILES string of the molecule is C=CCONC(=O)Nc1ccccc1Br. The summed E-state index contributed by atoms with van der Waals surface area (Å²) in [6.07, 6.45) is 1.54. The fourth-order valence-corrected chi connectivity index (χ4v) is 1.26. The van der Waals surface area contributed by atoms with Crippen molar-refractivity contribution in [2.45, 2.75) is 0 Å². The Balaban J connectivity index is 2.44. The molecule has 0 atom stereocenters. The first kappa shape index (κ1) is 11.7. The van der Waals surface area contributed by atoms with Crippen LogP contribution < -0.4 is 10.8 Å². The van der Waals surface area contributed by atoms with Crippen LogP contribution in [0.25, 0.3) is 0 Å². The van der Waals surface area contributed by atoms with Gasteiger partial charge in [-0.2, -0.15) is 0 Å². The number of carbonyl (C=O) groups excluding carboxylic acids is 1. The van der Waals surface area contributed by atoms with Crippen molar-refractivity contribution >= 4 is 27.6 Å². The van der Waals surface area contributed by atoms with Crippen molar-refractivity contribution in [1.82, 2.24) is 5.48 Å². The van der Waals surface area contributed by atoms with E-state index < -0.39 is 6.03 Å². The van der Waals surface area contributed by atoms with Crippen LogP contribution in [0.15, 0.2) is 41.4 Å². The summed E-state index contributed by atoms with van der Waals surface area (Å²) in [5.74, 6) is 0. The first-order chi connectivity index (χ1) is 7.24. The number of hydroxylamine groups is 1. The van der Waals surface area contributed by atoms with Gasteiger partial charge < -0.3 is 5.32 Å². The number of amides is 2. The van der Waals surface area contributed by atoms with Crippen molar-refractivity contribution in [3.63, 3.8) is 0 Å². The average Bonchev–Trinajstić information content (AvgIpc) is 2.22. The molecule has 80 valence electrons. The third-order valence-electron chi connectivity index (χ3n) is 1.49. The third-order valence-corrected chi connectivity index (χ3v) is 2.18. The molecule has 1 aromatic carbocycles. The first-order valence-corrected chi connectivity index (χ1v) is 5.07. The molecule has 2 N–H and O–H groups in total. The number of hydrogen-bond donors (Lipinski definition) is 2. The number of carbonyl (C=O) groups is 1. The van der Waals surface area contributed by atoms with E-state index >= 15 is 0 Å². The van der Waals surface area contributed by atoms with E-state index in [9.17, 15) is 4.79 Å². The van der Waals surface area contributed by atoms with E-state index in [2.05, 4.69) is 33.3 Å². The van der Waals surface area contributed by atoms with Crippen molar-refractivity contribution in [3.05, 3.63) is 41.4 Å². The van der Waals surface area contributed by atoms with Crippen LogP contribution in [-0.2, 0) is 4.84 Å². The summed E-state index contributed by atoms with van der Waals surface area (Å²) >= 11 is 3.31. The lowest BCUT2D eigenvalue weighted by atomic mass is 10.3. The molecule has 4 nitrogen and oxygen atoms in total. The second-order valence-corrected chi connectivity index (χ2v) is 3.49. The van der Waals surface area contributed by atoms with Crippen molar-refractivity contribution in [3.8, 4) is 0 Å². The number of urea groups is 1. The lowest BCUT2D eigenvalue weighted by molar-refractivity contribution is 0.0872. The lowest BCUT2D eigenvalue weighted by Gasteiger charge is -2.07. The van der Waals surface area contributed by atoms with E-state index in [1.54, 1.807) is 12.1 Å². The van der Waals surface area contributed by atoms with Gasteiger partial charge in [-0.3, -0.25) is 4.84 Å². The van der Waals surface area contributed by atoms with Gasteiger partial charge in [0.25, 0.3) is 0 Å². The fraction of sp³-hybridized carbons (Fsp3) is 0.100. The number of nitrogens with one attached hydrogen (secondary N) is 2. The van der Waals surface area contributed by atoms with Gasteiger partial charge in [0.15, 0.2) is 0 Å². The highest BCUT2D eigenvalue weighted by Gasteiger charge is 2.03. The number of hydrogen-bond acceptors (Lipinski definition) is 2. The van der Waals surface area contributed by atoms with Gasteiger partial charge in [-0.05, 0) is 28.1 Å². The quantitative estimate of drug-likeness (QED) is 0.502. The van der Waals surface area contributed by atoms with E-state index in [-0.39, 0.29) is 6.61 Å². The zero-order valence-corrected chi connectivity index (χ0v) is 9.58. The smallest absolute Gasteiger partial charge is 0.305 e. The van der Waals surface area contributed by atoms with Crippen LogP contribution in [-0.4, -0.2) is 12.6 Å². The predicted molar refractivity (Wildman–Crippen MR) is 62.4 cm³/mol. The van der Waals surface area contributed by atoms with Crippen LogP contribution >= 0.6 is 15.9 Å². The molecule has 0 saturated carbocycles. The molecule has 5 heteroatoms. The lowest BCUT2D eigenvalue weighted by Crippen LogP contribution is -2.29. The van der Waals surface area contributed by atoms with Gasteiger partial charge in [0, 0.05) is 4.47 Å². The average molecular weight is 271 g/mol. The molecule has 1 rings (SSSR count). The Hall–Kier alpha value is -1.33. The summed E-state index contributed by atoms with van der Waals surface area (Å²) in [6, 6.07) is 6.87. The van der Waals surface area contributed by atoms with E-state index in [1.807, 2.05) is 18.2 Å². The Morgan fingerprint density at radius 3 is 2.93 bits per heavy atom. The molecule has 0 bridgehead atoms. The monoisotopic (exact) mass is 270 g/mol. The molecule has 15 heavy (non-hydrogen) atoms. The number of anilines is 1. The fourth-order valence-electron chi connectivity index (χ4n) is 0.877. The van der Waals surface area contributed by atoms with Gasteiger partial charge in [-0.1, -0.05) is 18.2 Å². The molecule has 0 fully saturated rings. The Labute approximate surface area is 96.4 Å². The first-order valence-electron chi connectivity index (χ1n) is 4.28. The Morgan fingerprint density at radius 1 is 1.53 bits per heavy atom. The normalized spacial score (nSPS) is 9.40. The zero-order valence-electron chi connectivity index (χ0n) is 8.00. The summed E-state index contributed by atoms with van der Waals surface area (Å²) in [6.45, 7) is 3.72. The molecule has 1 aromatic rings. The number of halogens is 1. The van der Waals surface area contributed by atoms with Crippen LogP contribution in [0.3, 0.4) is 0 Å². The van der Waals surface area contributed by atoms with Crippen molar-refractivity contribution in [1.29, 1.82) is 0 Å². The van der Waals surface area contributed by atoms with Gasteiger partial charge in [0.2, 0.25) is 0 Å². The van der Waals surface area contributed by atoms with Gasteiger partial charge in [-0.25, -0.2) is 10.3 Å². The predicted octanol–water partition coefficient (Wildman–Crippen LogP) is 2.69. The van der Waals surface area contributed by atoms with Crippen molar-refractivity contribution < 1.29 is 9.63 Å². The van der Waals surface area contributed by atoms with Gasteiger partial charge in [0.05, 0.1) is 12.3 Å². The maximum Gasteiger partial charge on any atom is 0.343 e. The summed E-state index contributed by atoms with van der Waals surface area (Å²) in [5, 5.41) is 2.61. The summed E-state index contributed by atoms with van der Waals surface area (Å²) < 4.78 is 0.809. The van der Waals surface area contributed by atoms with Crippen molar-refractivity contribution in [2.75, 3.05) is 11.9 Å². The topological polar surface area (TPSA) is 50.4 Å². The summed E-state index contributed by atoms with van der Waals surface area (Å²) in [7, 11) is 0. The molecular weight excluding hydrogens is 260 g/mol. The standard InChI is InChI=1S/C10H11BrN2O2/c1-2-7-15-13-10(14)12-9-6-4-3-5-8(9)11/h2-6H,1,7H2,(H2,12,13,14). The van der Waals surface area contributed by atoms with Gasteiger partial charge >= 0.3 is 6.03 Å². The maximum absolute atomic E-state index is 11.2. The molecule has 0 radical (unpaired) electrons. The Bertz CT molecular complexity index is 355. The molecule has 0 aliphatic carbocycles. The molecule has 0 aliphatic heterocycles. The van der Waals surface area contributed by atoms with Crippen LogP contribution in [0.1, 0.15) is 0 Å². The molecule has 0 unspecified atom stereocenters. The van der Waals surface area contributed by atoms with Crippen LogP contribution in [0, 0.1) is 0 Å². The second kappa shape index (κ2) is 6.21. The van der Waals surface area contributed by atoms with Gasteiger partial charge in [0.1, 0.15) is 0 Å². The van der Waals surface area contributed by atoms with E-state index in [1.165, 1.54) is 0 Å². The Kier molecular flexibility index (Phi) is 4.86. The molecule has 2 amide bonds. The Morgan fingerprint density at radius 2 is 2.27 bits per heavy atom. The highest BCUT2D eigenvalue weighted by Crippen LogP contribution is 2.20. The summed E-state index contributed by atoms with van der Waals surface area (Å²) in [5.41, 5.74) is 2.90. The highest BCUT2D eigenvalue weighted by atomic mass is 79.9. The van der Waals surface area contributed by atoms with Crippen LogP contribution in [0.5, 0.6) is 0 Å². The highest BCUT2D eigenvalue weighted by molar-refractivity contribution is 9.10. The molecule has 0 spiro atoms. The van der Waals surface area contributed by atoms with Crippen LogP contribution in [0.4, 0.5) is 10.5 Å². The molecule has 0 aromatic heterocycles. The largest absolute Gasteiger partial charge is 0.343 e. The van der Waals surface area contributed by atoms with E-state index in [4.69, 9.17) is 4.84 Å². The minimum Gasteiger partial charge on any atom is -0.305 e. The number of benzene rings is 1. The number of para-hydroxylation sites is 1. The summed E-state index contributed by atoms with van der Waals surface area (Å²) in [4.78, 5) is 16.0. The molecule has 0 heterocycles. The number of rotatable bonds is 4. The van der Waals surface area contributed by atoms with Crippen LogP contribution in [0.2, 0.25) is 0 Å². The molecular formula is C10H11BrN2O2. The minimum absolute atomic E-state index is 0.267.